The van der Waals surface area contributed by atoms with Crippen molar-refractivity contribution >= 4 is 39.3 Å². The van der Waals surface area contributed by atoms with E-state index in [4.69, 9.17) is 16.3 Å². The summed E-state index contributed by atoms with van der Waals surface area (Å²) in [6, 6.07) is 22.2. The summed E-state index contributed by atoms with van der Waals surface area (Å²) in [4.78, 5) is 28.6. The maximum absolute atomic E-state index is 13.6. The third-order valence-corrected chi connectivity index (χ3v) is 6.86. The monoisotopic (exact) mass is 570 g/mol. The lowest BCUT2D eigenvalue weighted by Gasteiger charge is -2.31. The van der Waals surface area contributed by atoms with E-state index in [9.17, 15) is 9.59 Å². The summed E-state index contributed by atoms with van der Waals surface area (Å²) >= 11 is 9.98. The number of hydrogen-bond donors (Lipinski definition) is 1. The highest BCUT2D eigenvalue weighted by Crippen LogP contribution is 2.27. The first kappa shape index (κ1) is 27.8. The first-order valence-corrected chi connectivity index (χ1v) is 13.4. The Morgan fingerprint density at radius 3 is 2.39 bits per heavy atom. The van der Waals surface area contributed by atoms with E-state index in [1.807, 2.05) is 73.7 Å². The van der Waals surface area contributed by atoms with Gasteiger partial charge in [-0.2, -0.15) is 0 Å². The van der Waals surface area contributed by atoms with Gasteiger partial charge in [0.25, 0.3) is 5.91 Å². The number of amides is 2. The quantitative estimate of drug-likeness (QED) is 0.281. The molecule has 5 nitrogen and oxygen atoms in total. The molecule has 1 N–H and O–H groups in total. The van der Waals surface area contributed by atoms with Crippen LogP contribution in [0, 0.1) is 0 Å². The topological polar surface area (TPSA) is 58.6 Å². The molecule has 36 heavy (non-hydrogen) atoms. The summed E-state index contributed by atoms with van der Waals surface area (Å²) < 4.78 is 6.69. The average Bonchev–Trinajstić information content (AvgIpc) is 2.89. The lowest BCUT2D eigenvalue weighted by atomic mass is 10.0. The zero-order chi connectivity index (χ0) is 25.9. The fourth-order valence-electron chi connectivity index (χ4n) is 3.83. The smallest absolute Gasteiger partial charge is 0.261 e. The van der Waals surface area contributed by atoms with Crippen LogP contribution in [-0.4, -0.2) is 35.9 Å². The van der Waals surface area contributed by atoms with E-state index < -0.39 is 6.04 Å². The summed E-state index contributed by atoms with van der Waals surface area (Å²) in [5.41, 5.74) is 2.89. The molecule has 0 bridgehead atoms. The van der Waals surface area contributed by atoms with Crippen LogP contribution in [0.4, 0.5) is 0 Å². The van der Waals surface area contributed by atoms with Gasteiger partial charge in [0.05, 0.1) is 4.47 Å². The molecule has 0 aromatic heterocycles. The van der Waals surface area contributed by atoms with Crippen LogP contribution < -0.4 is 10.1 Å². The van der Waals surface area contributed by atoms with E-state index in [1.54, 1.807) is 11.0 Å². The lowest BCUT2D eigenvalue weighted by Crippen LogP contribution is -2.51. The molecule has 2 amide bonds. The van der Waals surface area contributed by atoms with Crippen LogP contribution >= 0.6 is 27.5 Å². The molecular weight excluding hydrogens is 540 g/mol. The molecule has 3 aromatic rings. The van der Waals surface area contributed by atoms with Gasteiger partial charge in [0, 0.05) is 24.5 Å². The van der Waals surface area contributed by atoms with Gasteiger partial charge < -0.3 is 15.0 Å². The summed E-state index contributed by atoms with van der Waals surface area (Å²) in [6.07, 6.45) is 2.08. The van der Waals surface area contributed by atoms with Crippen LogP contribution in [-0.2, 0) is 29.0 Å². The van der Waals surface area contributed by atoms with Crippen molar-refractivity contribution in [3.63, 3.8) is 0 Å². The highest BCUT2D eigenvalue weighted by atomic mass is 79.9. The summed E-state index contributed by atoms with van der Waals surface area (Å²) in [5.74, 6) is 0.0804. The SMILES string of the molecule is CCCNC(=O)C(Cc1ccccc1)N(Cc1ccccc1Cl)C(=O)COc1ccc(CC)cc1Br. The highest BCUT2D eigenvalue weighted by molar-refractivity contribution is 9.10. The predicted octanol–water partition coefficient (Wildman–Crippen LogP) is 6.21. The minimum absolute atomic E-state index is 0.189. The number of ether oxygens (including phenoxy) is 1. The van der Waals surface area contributed by atoms with Crippen molar-refractivity contribution in [3.8, 4) is 5.75 Å². The van der Waals surface area contributed by atoms with Crippen molar-refractivity contribution in [1.82, 2.24) is 10.2 Å². The second-order valence-corrected chi connectivity index (χ2v) is 9.78. The zero-order valence-corrected chi connectivity index (χ0v) is 23.0. The summed E-state index contributed by atoms with van der Waals surface area (Å²) in [7, 11) is 0. The van der Waals surface area contributed by atoms with Gasteiger partial charge in [-0.3, -0.25) is 9.59 Å². The normalized spacial score (nSPS) is 11.6. The zero-order valence-electron chi connectivity index (χ0n) is 20.7. The third-order valence-electron chi connectivity index (χ3n) is 5.87. The minimum atomic E-state index is -0.725. The molecule has 1 atom stereocenters. The largest absolute Gasteiger partial charge is 0.483 e. The van der Waals surface area contributed by atoms with Crippen LogP contribution in [0.25, 0.3) is 0 Å². The molecule has 0 saturated carbocycles. The Bertz CT molecular complexity index is 1160. The maximum atomic E-state index is 13.6. The Morgan fingerprint density at radius 1 is 1.00 bits per heavy atom. The van der Waals surface area contributed by atoms with Crippen molar-refractivity contribution in [2.24, 2.45) is 0 Å². The number of nitrogens with zero attached hydrogens (tertiary/aromatic N) is 1. The van der Waals surface area contributed by atoms with Gasteiger partial charge in [-0.1, -0.05) is 80.0 Å². The number of halogens is 2. The van der Waals surface area contributed by atoms with Crippen molar-refractivity contribution in [2.45, 2.75) is 45.7 Å². The van der Waals surface area contributed by atoms with E-state index in [2.05, 4.69) is 28.2 Å². The molecule has 0 aliphatic carbocycles. The van der Waals surface area contributed by atoms with Crippen LogP contribution in [0.3, 0.4) is 0 Å². The van der Waals surface area contributed by atoms with E-state index in [1.165, 1.54) is 0 Å². The van der Waals surface area contributed by atoms with Gasteiger partial charge in [-0.25, -0.2) is 0 Å². The molecule has 0 fully saturated rings. The number of benzene rings is 3. The van der Waals surface area contributed by atoms with Crippen molar-refractivity contribution in [1.29, 1.82) is 0 Å². The van der Waals surface area contributed by atoms with Crippen molar-refractivity contribution < 1.29 is 14.3 Å². The molecule has 190 valence electrons. The van der Waals surface area contributed by atoms with Gasteiger partial charge in [-0.15, -0.1) is 0 Å². The number of carbonyl (C=O) groups is 2. The molecule has 0 heterocycles. The molecule has 0 spiro atoms. The van der Waals surface area contributed by atoms with Gasteiger partial charge in [0.1, 0.15) is 11.8 Å². The number of carbonyl (C=O) groups excluding carboxylic acids is 2. The van der Waals surface area contributed by atoms with E-state index in [-0.39, 0.29) is 25.0 Å². The van der Waals surface area contributed by atoms with Crippen LogP contribution in [0.15, 0.2) is 77.3 Å². The van der Waals surface area contributed by atoms with Gasteiger partial charge in [-0.05, 0) is 63.7 Å². The Hall–Kier alpha value is -2.83. The molecule has 0 radical (unpaired) electrons. The highest BCUT2D eigenvalue weighted by Gasteiger charge is 2.31. The van der Waals surface area contributed by atoms with Gasteiger partial charge >= 0.3 is 0 Å². The number of hydrogen-bond acceptors (Lipinski definition) is 3. The standard InChI is InChI=1S/C29H32BrClN2O3/c1-3-16-32-29(35)26(18-22-10-6-5-7-11-22)33(19-23-12-8-9-13-25(23)31)28(34)20-36-27-15-14-21(4-2)17-24(27)30/h5-15,17,26H,3-4,16,18-20H2,1-2H3,(H,32,35). The second kappa shape index (κ2) is 14.0. The lowest BCUT2D eigenvalue weighted by molar-refractivity contribution is -0.142. The first-order chi connectivity index (χ1) is 17.4. The van der Waals surface area contributed by atoms with Gasteiger partial charge in [0.15, 0.2) is 6.61 Å². The summed E-state index contributed by atoms with van der Waals surface area (Å²) in [6.45, 7) is 4.59. The van der Waals surface area contributed by atoms with Crippen molar-refractivity contribution in [3.05, 3.63) is 99.0 Å². The van der Waals surface area contributed by atoms with Crippen LogP contribution in [0.2, 0.25) is 5.02 Å². The Morgan fingerprint density at radius 2 is 1.72 bits per heavy atom. The number of aryl methyl sites for hydroxylation is 1. The van der Waals surface area contributed by atoms with Gasteiger partial charge in [0.2, 0.25) is 5.91 Å². The molecule has 0 aliphatic rings. The molecule has 1 unspecified atom stereocenters. The minimum Gasteiger partial charge on any atom is -0.483 e. The average molecular weight is 572 g/mol. The molecular formula is C29H32BrClN2O3. The second-order valence-electron chi connectivity index (χ2n) is 8.52. The maximum Gasteiger partial charge on any atom is 0.261 e. The molecule has 3 aromatic carbocycles. The number of nitrogens with one attached hydrogen (secondary N) is 1. The molecule has 0 saturated heterocycles. The van der Waals surface area contributed by atoms with E-state index in [0.29, 0.717) is 23.7 Å². The summed E-state index contributed by atoms with van der Waals surface area (Å²) in [5, 5.41) is 3.51. The number of rotatable bonds is 12. The van der Waals surface area contributed by atoms with Crippen LogP contribution in [0.1, 0.15) is 37.0 Å². The first-order valence-electron chi connectivity index (χ1n) is 12.2. The predicted molar refractivity (Wildman–Crippen MR) is 148 cm³/mol. The molecule has 0 aliphatic heterocycles. The third kappa shape index (κ3) is 7.84. The molecule has 7 heteroatoms. The fourth-order valence-corrected chi connectivity index (χ4v) is 4.57. The van der Waals surface area contributed by atoms with Crippen molar-refractivity contribution in [2.75, 3.05) is 13.2 Å². The van der Waals surface area contributed by atoms with E-state index >= 15 is 0 Å². The Kier molecular flexibility index (Phi) is 10.8. The Balaban J connectivity index is 1.90. The Labute approximate surface area is 226 Å². The van der Waals surface area contributed by atoms with Crippen LogP contribution in [0.5, 0.6) is 5.75 Å². The fraction of sp³-hybridized carbons (Fsp3) is 0.310. The molecule has 3 rings (SSSR count). The van der Waals surface area contributed by atoms with E-state index in [0.717, 1.165) is 34.0 Å².